The van der Waals surface area contributed by atoms with Crippen LogP contribution in [0.1, 0.15) is 39.5 Å². The van der Waals surface area contributed by atoms with Gasteiger partial charge in [0.05, 0.1) is 23.9 Å². The molecule has 1 unspecified atom stereocenters. The first-order valence-electron chi connectivity index (χ1n) is 12.3. The van der Waals surface area contributed by atoms with Crippen molar-refractivity contribution in [2.24, 2.45) is 0 Å². The van der Waals surface area contributed by atoms with Gasteiger partial charge in [0.1, 0.15) is 28.0 Å². The standard InChI is InChI=1S/C30H23FN2O6S/c1-3-38-29(37)27-17(2)32-30(40-27)33-24(19-8-7-11-22(16-19)39-21-9-5-4-6-10-21)23(26(35)28(33)36)25(34)18-12-14-20(31)15-13-18/h4-16,24,34H,3H2,1-2H3. The van der Waals surface area contributed by atoms with Crippen LogP contribution in [0.5, 0.6) is 11.5 Å². The second kappa shape index (κ2) is 11.1. The molecule has 10 heteroatoms. The van der Waals surface area contributed by atoms with E-state index in [9.17, 15) is 23.9 Å². The number of aliphatic hydroxyl groups excluding tert-OH is 1. The van der Waals surface area contributed by atoms with Gasteiger partial charge in [0, 0.05) is 5.56 Å². The minimum atomic E-state index is -1.12. The fourth-order valence-electron chi connectivity index (χ4n) is 4.35. The van der Waals surface area contributed by atoms with Crippen molar-refractivity contribution in [3.63, 3.8) is 0 Å². The number of halogens is 1. The van der Waals surface area contributed by atoms with E-state index in [1.54, 1.807) is 50.2 Å². The number of thiazole rings is 1. The minimum absolute atomic E-state index is 0.0835. The number of carbonyl (C=O) groups excluding carboxylic acids is 3. The summed E-state index contributed by atoms with van der Waals surface area (Å²) in [5.74, 6) is -2.48. The summed E-state index contributed by atoms with van der Waals surface area (Å²) in [4.78, 5) is 45.1. The largest absolute Gasteiger partial charge is 0.507 e. The van der Waals surface area contributed by atoms with Crippen LogP contribution in [0.25, 0.3) is 5.76 Å². The number of carbonyl (C=O) groups is 3. The van der Waals surface area contributed by atoms with Gasteiger partial charge in [-0.05, 0) is 67.9 Å². The summed E-state index contributed by atoms with van der Waals surface area (Å²) in [6, 6.07) is 19.6. The molecule has 0 spiro atoms. The Morgan fingerprint density at radius 2 is 1.73 bits per heavy atom. The molecule has 1 amide bonds. The van der Waals surface area contributed by atoms with Gasteiger partial charge in [-0.2, -0.15) is 0 Å². The Labute approximate surface area is 232 Å². The lowest BCUT2D eigenvalue weighted by Crippen LogP contribution is -2.29. The zero-order chi connectivity index (χ0) is 28.4. The number of hydrogen-bond donors (Lipinski definition) is 1. The van der Waals surface area contributed by atoms with Crippen molar-refractivity contribution in [2.75, 3.05) is 11.5 Å². The van der Waals surface area contributed by atoms with E-state index < -0.39 is 35.3 Å². The van der Waals surface area contributed by atoms with Crippen molar-refractivity contribution in [2.45, 2.75) is 19.9 Å². The molecule has 1 N–H and O–H groups in total. The molecule has 0 aliphatic carbocycles. The molecule has 0 saturated carbocycles. The predicted molar refractivity (Wildman–Crippen MR) is 147 cm³/mol. The third-order valence-corrected chi connectivity index (χ3v) is 7.30. The number of rotatable bonds is 7. The molecular formula is C30H23FN2O6S. The van der Waals surface area contributed by atoms with Crippen LogP contribution in [-0.2, 0) is 14.3 Å². The molecule has 0 bridgehead atoms. The molecule has 0 radical (unpaired) electrons. The zero-order valence-corrected chi connectivity index (χ0v) is 22.3. The molecular weight excluding hydrogens is 535 g/mol. The van der Waals surface area contributed by atoms with Gasteiger partial charge in [-0.1, -0.05) is 41.7 Å². The average Bonchev–Trinajstić information content (AvgIpc) is 3.46. The minimum Gasteiger partial charge on any atom is -0.507 e. The predicted octanol–water partition coefficient (Wildman–Crippen LogP) is 6.19. The van der Waals surface area contributed by atoms with Crippen LogP contribution in [0.4, 0.5) is 9.52 Å². The highest BCUT2D eigenvalue weighted by Crippen LogP contribution is 2.44. The maximum atomic E-state index is 13.6. The monoisotopic (exact) mass is 558 g/mol. The summed E-state index contributed by atoms with van der Waals surface area (Å²) in [6.07, 6.45) is 0. The number of Topliss-reactive ketones (excluding diaryl/α,β-unsaturated/α-hetero) is 1. The third kappa shape index (κ3) is 5.08. The lowest BCUT2D eigenvalue weighted by Gasteiger charge is -2.23. The molecule has 1 aliphatic rings. The smallest absolute Gasteiger partial charge is 0.350 e. The summed E-state index contributed by atoms with van der Waals surface area (Å²) < 4.78 is 24.7. The van der Waals surface area contributed by atoms with Crippen molar-refractivity contribution in [1.29, 1.82) is 0 Å². The van der Waals surface area contributed by atoms with Crippen molar-refractivity contribution in [3.8, 4) is 11.5 Å². The summed E-state index contributed by atoms with van der Waals surface area (Å²) in [5.41, 5.74) is 0.725. The van der Waals surface area contributed by atoms with Gasteiger partial charge in [0.2, 0.25) is 0 Å². The topological polar surface area (TPSA) is 106 Å². The molecule has 8 nitrogen and oxygen atoms in total. The Hall–Kier alpha value is -4.83. The second-order valence-corrected chi connectivity index (χ2v) is 9.77. The van der Waals surface area contributed by atoms with Crippen LogP contribution < -0.4 is 9.64 Å². The number of benzene rings is 3. The number of ketones is 1. The number of anilines is 1. The van der Waals surface area contributed by atoms with Gasteiger partial charge >= 0.3 is 11.9 Å². The number of amides is 1. The highest BCUT2D eigenvalue weighted by molar-refractivity contribution is 7.17. The molecule has 1 aliphatic heterocycles. The second-order valence-electron chi connectivity index (χ2n) is 8.80. The Balaban J connectivity index is 1.66. The van der Waals surface area contributed by atoms with E-state index in [0.29, 0.717) is 22.8 Å². The summed E-state index contributed by atoms with van der Waals surface area (Å²) in [5, 5.41) is 11.3. The van der Waals surface area contributed by atoms with E-state index >= 15 is 0 Å². The van der Waals surface area contributed by atoms with Crippen molar-refractivity contribution >= 4 is 39.9 Å². The van der Waals surface area contributed by atoms with Gasteiger partial charge in [-0.25, -0.2) is 14.2 Å². The number of para-hydroxylation sites is 1. The maximum absolute atomic E-state index is 13.6. The number of aromatic nitrogens is 1. The normalized spacial score (nSPS) is 16.3. The SMILES string of the molecule is CCOC(=O)c1sc(N2C(=O)C(=O)C(=C(O)c3ccc(F)cc3)C2c2cccc(Oc3ccccc3)c2)nc1C. The summed E-state index contributed by atoms with van der Waals surface area (Å²) >= 11 is 0.910. The van der Waals surface area contributed by atoms with Crippen LogP contribution in [0, 0.1) is 12.7 Å². The van der Waals surface area contributed by atoms with E-state index in [-0.39, 0.29) is 27.8 Å². The highest BCUT2D eigenvalue weighted by atomic mass is 32.1. The van der Waals surface area contributed by atoms with E-state index in [4.69, 9.17) is 9.47 Å². The number of nitrogens with zero attached hydrogens (tertiary/aromatic N) is 2. The fourth-order valence-corrected chi connectivity index (χ4v) is 5.34. The zero-order valence-electron chi connectivity index (χ0n) is 21.5. The fraction of sp³-hybridized carbons (Fsp3) is 0.133. The molecule has 202 valence electrons. The summed E-state index contributed by atoms with van der Waals surface area (Å²) in [6.45, 7) is 3.43. The number of ether oxygens (including phenoxy) is 2. The molecule has 4 aromatic rings. The van der Waals surface area contributed by atoms with Gasteiger partial charge in [0.15, 0.2) is 5.13 Å². The Kier molecular flexibility index (Phi) is 7.43. The van der Waals surface area contributed by atoms with Gasteiger partial charge in [-0.15, -0.1) is 0 Å². The third-order valence-electron chi connectivity index (χ3n) is 6.17. The van der Waals surface area contributed by atoms with Gasteiger partial charge < -0.3 is 14.6 Å². The van der Waals surface area contributed by atoms with Crippen LogP contribution >= 0.6 is 11.3 Å². The van der Waals surface area contributed by atoms with Crippen LogP contribution in [-0.4, -0.2) is 34.4 Å². The molecule has 3 aromatic carbocycles. The van der Waals surface area contributed by atoms with E-state index in [1.165, 1.54) is 12.1 Å². The number of hydrogen-bond acceptors (Lipinski definition) is 8. The Morgan fingerprint density at radius 1 is 1.02 bits per heavy atom. The number of aryl methyl sites for hydroxylation is 1. The van der Waals surface area contributed by atoms with Crippen LogP contribution in [0.2, 0.25) is 0 Å². The first-order chi connectivity index (χ1) is 19.3. The molecule has 2 heterocycles. The van der Waals surface area contributed by atoms with E-state index in [0.717, 1.165) is 28.4 Å². The number of esters is 1. The first kappa shape index (κ1) is 26.8. The lowest BCUT2D eigenvalue weighted by molar-refractivity contribution is -0.132. The van der Waals surface area contributed by atoms with E-state index in [2.05, 4.69) is 4.98 Å². The molecule has 40 heavy (non-hydrogen) atoms. The first-order valence-corrected chi connectivity index (χ1v) is 13.1. The Morgan fingerprint density at radius 3 is 2.42 bits per heavy atom. The molecule has 1 fully saturated rings. The molecule has 1 atom stereocenters. The van der Waals surface area contributed by atoms with Crippen molar-refractivity contribution in [1.82, 2.24) is 4.98 Å². The van der Waals surface area contributed by atoms with Gasteiger partial charge in [-0.3, -0.25) is 14.5 Å². The maximum Gasteiger partial charge on any atom is 0.350 e. The highest BCUT2D eigenvalue weighted by Gasteiger charge is 2.48. The van der Waals surface area contributed by atoms with Crippen LogP contribution in [0.3, 0.4) is 0 Å². The lowest BCUT2D eigenvalue weighted by atomic mass is 9.95. The molecule has 1 saturated heterocycles. The van der Waals surface area contributed by atoms with Crippen LogP contribution in [0.15, 0.2) is 84.4 Å². The summed E-state index contributed by atoms with van der Waals surface area (Å²) in [7, 11) is 0. The molecule has 5 rings (SSSR count). The van der Waals surface area contributed by atoms with Crippen molar-refractivity contribution in [3.05, 3.63) is 112 Å². The molecule has 1 aromatic heterocycles. The van der Waals surface area contributed by atoms with E-state index in [1.807, 2.05) is 18.2 Å². The van der Waals surface area contributed by atoms with Crippen molar-refractivity contribution < 1.29 is 33.4 Å². The number of aliphatic hydroxyl groups is 1. The Bertz CT molecular complexity index is 1630. The average molecular weight is 559 g/mol. The van der Waals surface area contributed by atoms with Gasteiger partial charge in [0.25, 0.3) is 5.78 Å². The quantitative estimate of drug-likeness (QED) is 0.125.